The van der Waals surface area contributed by atoms with Crippen LogP contribution in [-0.2, 0) is 24.6 Å². The molecule has 4 heteroatoms. The van der Waals surface area contributed by atoms with Crippen LogP contribution in [0.15, 0.2) is 12.1 Å². The van der Waals surface area contributed by atoms with E-state index < -0.39 is 13.3 Å². The third-order valence-electron chi connectivity index (χ3n) is 5.17. The number of fused-ring (bicyclic) bond motifs is 3. The van der Waals surface area contributed by atoms with Gasteiger partial charge in [0.1, 0.15) is 13.3 Å². The van der Waals surface area contributed by atoms with Crippen LogP contribution in [0.4, 0.5) is 14.5 Å². The van der Waals surface area contributed by atoms with Gasteiger partial charge in [0.2, 0.25) is 0 Å². The maximum atomic E-state index is 13.5. The number of nitrogens with two attached hydrogens (primary N) is 1. The van der Waals surface area contributed by atoms with Crippen molar-refractivity contribution in [3.05, 3.63) is 34.4 Å². The SMILES string of the molecule is CCC12CCC(=O)C=C1c1cc(CF)c(N)c(CF)c1C2. The molecule has 1 atom stereocenters. The molecule has 2 aliphatic carbocycles. The summed E-state index contributed by atoms with van der Waals surface area (Å²) in [7, 11) is 0. The van der Waals surface area contributed by atoms with Crippen LogP contribution in [0.5, 0.6) is 0 Å². The van der Waals surface area contributed by atoms with Crippen molar-refractivity contribution in [1.82, 2.24) is 0 Å². The average molecular weight is 291 g/mol. The van der Waals surface area contributed by atoms with Crippen molar-refractivity contribution in [2.75, 3.05) is 5.73 Å². The van der Waals surface area contributed by atoms with Gasteiger partial charge in [-0.25, -0.2) is 8.78 Å². The summed E-state index contributed by atoms with van der Waals surface area (Å²) in [6.45, 7) is 0.680. The minimum atomic E-state index is -0.716. The molecule has 0 saturated heterocycles. The van der Waals surface area contributed by atoms with Crippen molar-refractivity contribution >= 4 is 17.0 Å². The van der Waals surface area contributed by atoms with Crippen molar-refractivity contribution < 1.29 is 13.6 Å². The normalized spacial score (nSPS) is 23.8. The molecule has 0 saturated carbocycles. The molecule has 112 valence electrons. The monoisotopic (exact) mass is 291 g/mol. The molecule has 3 rings (SSSR count). The van der Waals surface area contributed by atoms with Gasteiger partial charge < -0.3 is 5.73 Å². The van der Waals surface area contributed by atoms with E-state index in [1.807, 2.05) is 0 Å². The molecular weight excluding hydrogens is 272 g/mol. The van der Waals surface area contributed by atoms with Crippen LogP contribution in [0, 0.1) is 5.41 Å². The first-order valence-electron chi connectivity index (χ1n) is 7.36. The van der Waals surface area contributed by atoms with Gasteiger partial charge in [0.15, 0.2) is 5.78 Å². The molecule has 1 aromatic carbocycles. The van der Waals surface area contributed by atoms with Crippen LogP contribution in [0.25, 0.3) is 5.57 Å². The van der Waals surface area contributed by atoms with E-state index in [4.69, 9.17) is 5.73 Å². The fourth-order valence-corrected chi connectivity index (χ4v) is 3.82. The molecular formula is C17H19F2NO. The van der Waals surface area contributed by atoms with Crippen molar-refractivity contribution in [3.8, 4) is 0 Å². The van der Waals surface area contributed by atoms with E-state index in [9.17, 15) is 13.6 Å². The number of benzene rings is 1. The summed E-state index contributed by atoms with van der Waals surface area (Å²) in [6, 6.07) is 1.71. The molecule has 0 bridgehead atoms. The van der Waals surface area contributed by atoms with Gasteiger partial charge in [0.05, 0.1) is 0 Å². The number of hydrogen-bond donors (Lipinski definition) is 1. The number of carbonyl (C=O) groups is 1. The highest BCUT2D eigenvalue weighted by atomic mass is 19.1. The third kappa shape index (κ3) is 1.92. The number of anilines is 1. The van der Waals surface area contributed by atoms with Gasteiger partial charge in [-0.3, -0.25) is 4.79 Å². The van der Waals surface area contributed by atoms with Gasteiger partial charge in [0, 0.05) is 28.7 Å². The van der Waals surface area contributed by atoms with Crippen molar-refractivity contribution in [3.63, 3.8) is 0 Å². The van der Waals surface area contributed by atoms with Gasteiger partial charge in [0.25, 0.3) is 0 Å². The number of alkyl halides is 2. The van der Waals surface area contributed by atoms with E-state index in [0.717, 1.165) is 29.5 Å². The number of nitrogen functional groups attached to an aromatic ring is 1. The highest BCUT2D eigenvalue weighted by molar-refractivity contribution is 6.01. The van der Waals surface area contributed by atoms with Crippen LogP contribution in [-0.4, -0.2) is 5.78 Å². The fraction of sp³-hybridized carbons (Fsp3) is 0.471. The molecule has 0 amide bonds. The second-order valence-electron chi connectivity index (χ2n) is 6.06. The Hall–Kier alpha value is -1.71. The first kappa shape index (κ1) is 14.2. The Kier molecular flexibility index (Phi) is 3.34. The molecule has 0 radical (unpaired) electrons. The fourth-order valence-electron chi connectivity index (χ4n) is 3.82. The maximum Gasteiger partial charge on any atom is 0.156 e. The Balaban J connectivity index is 2.27. The Labute approximate surface area is 123 Å². The highest BCUT2D eigenvalue weighted by Gasteiger charge is 2.44. The summed E-state index contributed by atoms with van der Waals surface area (Å²) >= 11 is 0. The number of carbonyl (C=O) groups excluding carboxylic acids is 1. The molecule has 0 fully saturated rings. The second kappa shape index (κ2) is 4.93. The largest absolute Gasteiger partial charge is 0.398 e. The summed E-state index contributed by atoms with van der Waals surface area (Å²) < 4.78 is 26.6. The maximum absolute atomic E-state index is 13.5. The van der Waals surface area contributed by atoms with Crippen LogP contribution in [0.3, 0.4) is 0 Å². The topological polar surface area (TPSA) is 43.1 Å². The third-order valence-corrected chi connectivity index (χ3v) is 5.17. The lowest BCUT2D eigenvalue weighted by Crippen LogP contribution is -2.24. The molecule has 1 aromatic rings. The molecule has 0 heterocycles. The summed E-state index contributed by atoms with van der Waals surface area (Å²) in [5.74, 6) is 0.0994. The quantitative estimate of drug-likeness (QED) is 0.858. The summed E-state index contributed by atoms with van der Waals surface area (Å²) in [5, 5.41) is 0. The molecule has 0 spiro atoms. The minimum absolute atomic E-state index is 0.0994. The Morgan fingerprint density at radius 3 is 2.71 bits per heavy atom. The Morgan fingerprint density at radius 2 is 2.10 bits per heavy atom. The van der Waals surface area contributed by atoms with Crippen LogP contribution in [0.1, 0.15) is 48.4 Å². The van der Waals surface area contributed by atoms with Crippen molar-refractivity contribution in [2.24, 2.45) is 5.41 Å². The summed E-state index contributed by atoms with van der Waals surface area (Å²) in [4.78, 5) is 11.8. The lowest BCUT2D eigenvalue weighted by Gasteiger charge is -2.32. The van der Waals surface area contributed by atoms with Crippen molar-refractivity contribution in [1.29, 1.82) is 0 Å². The minimum Gasteiger partial charge on any atom is -0.398 e. The summed E-state index contributed by atoms with van der Waals surface area (Å²) in [5.41, 5.74) is 9.44. The molecule has 1 unspecified atom stereocenters. The molecule has 2 N–H and O–H groups in total. The lowest BCUT2D eigenvalue weighted by atomic mass is 9.71. The van der Waals surface area contributed by atoms with E-state index in [-0.39, 0.29) is 16.9 Å². The Bertz CT molecular complexity index is 651. The zero-order chi connectivity index (χ0) is 15.2. The van der Waals surface area contributed by atoms with E-state index in [1.54, 1.807) is 12.1 Å². The predicted octanol–water partition coefficient (Wildman–Crippen LogP) is 3.91. The standard InChI is InChI=1S/C17H19F2NO/c1-2-17-4-3-11(21)6-15(17)12-5-10(8-18)16(20)14(9-19)13(12)7-17/h5-6H,2-4,7-9,20H2,1H3. The molecule has 0 aliphatic heterocycles. The second-order valence-corrected chi connectivity index (χ2v) is 6.06. The van der Waals surface area contributed by atoms with E-state index in [0.29, 0.717) is 24.0 Å². The molecule has 2 aliphatic rings. The van der Waals surface area contributed by atoms with Gasteiger partial charge in [-0.15, -0.1) is 0 Å². The number of ketones is 1. The van der Waals surface area contributed by atoms with E-state index in [1.165, 1.54) is 0 Å². The van der Waals surface area contributed by atoms with Crippen molar-refractivity contribution in [2.45, 2.75) is 46.0 Å². The highest BCUT2D eigenvalue weighted by Crippen LogP contribution is 2.55. The van der Waals surface area contributed by atoms with Crippen LogP contribution >= 0.6 is 0 Å². The zero-order valence-electron chi connectivity index (χ0n) is 12.1. The number of hydrogen-bond acceptors (Lipinski definition) is 2. The van der Waals surface area contributed by atoms with Crippen LogP contribution in [0.2, 0.25) is 0 Å². The molecule has 0 aromatic heterocycles. The first-order valence-corrected chi connectivity index (χ1v) is 7.36. The zero-order valence-corrected chi connectivity index (χ0v) is 12.1. The smallest absolute Gasteiger partial charge is 0.156 e. The van der Waals surface area contributed by atoms with E-state index >= 15 is 0 Å². The molecule has 21 heavy (non-hydrogen) atoms. The number of rotatable bonds is 3. The van der Waals surface area contributed by atoms with Gasteiger partial charge >= 0.3 is 0 Å². The van der Waals surface area contributed by atoms with Gasteiger partial charge in [-0.2, -0.15) is 0 Å². The number of halogens is 2. The first-order chi connectivity index (χ1) is 10.1. The summed E-state index contributed by atoms with van der Waals surface area (Å²) in [6.07, 6.45) is 4.57. The van der Waals surface area contributed by atoms with Gasteiger partial charge in [-0.05, 0) is 48.1 Å². The van der Waals surface area contributed by atoms with Gasteiger partial charge in [-0.1, -0.05) is 6.92 Å². The molecule has 2 nitrogen and oxygen atoms in total. The number of allylic oxidation sites excluding steroid dienone is 2. The average Bonchev–Trinajstić information content (AvgIpc) is 2.81. The lowest BCUT2D eigenvalue weighted by molar-refractivity contribution is -0.115. The predicted molar refractivity (Wildman–Crippen MR) is 79.1 cm³/mol. The Morgan fingerprint density at radius 1 is 1.33 bits per heavy atom. The van der Waals surface area contributed by atoms with Crippen LogP contribution < -0.4 is 5.73 Å². The van der Waals surface area contributed by atoms with E-state index in [2.05, 4.69) is 6.92 Å².